The van der Waals surface area contributed by atoms with Crippen LogP contribution < -0.4 is 4.90 Å². The summed E-state index contributed by atoms with van der Waals surface area (Å²) in [5.74, 6) is -0.401. The number of hydrogen-bond donors (Lipinski definition) is 0. The van der Waals surface area contributed by atoms with Gasteiger partial charge in [-0.15, -0.1) is 11.3 Å². The van der Waals surface area contributed by atoms with E-state index in [9.17, 15) is 22.9 Å². The highest BCUT2D eigenvalue weighted by molar-refractivity contribution is 7.92. The number of nitro groups is 1. The second-order valence-corrected chi connectivity index (χ2v) is 11.6. The van der Waals surface area contributed by atoms with Crippen molar-refractivity contribution in [2.75, 3.05) is 18.0 Å². The zero-order valence-corrected chi connectivity index (χ0v) is 20.2. The molecule has 0 N–H and O–H groups in total. The molecule has 0 atom stereocenters. The van der Waals surface area contributed by atoms with Crippen molar-refractivity contribution in [1.29, 1.82) is 0 Å². The first-order valence-corrected chi connectivity index (χ1v) is 13.1. The van der Waals surface area contributed by atoms with Crippen LogP contribution in [-0.4, -0.2) is 36.7 Å². The Labute approximate surface area is 203 Å². The lowest BCUT2D eigenvalue weighted by atomic mass is 10.1. The topological polar surface area (TPSA) is 93.4 Å². The minimum Gasteiger partial charge on any atom is -0.348 e. The van der Waals surface area contributed by atoms with E-state index < -0.39 is 31.5 Å². The van der Waals surface area contributed by atoms with Crippen molar-refractivity contribution in [3.8, 4) is 0 Å². The van der Waals surface area contributed by atoms with E-state index in [-0.39, 0.29) is 9.92 Å². The smallest absolute Gasteiger partial charge is 0.289 e. The average Bonchev–Trinajstić information content (AvgIpc) is 3.21. The summed E-state index contributed by atoms with van der Waals surface area (Å²) >= 11 is 13.2. The summed E-state index contributed by atoms with van der Waals surface area (Å²) in [5, 5.41) is 13.4. The quantitative estimate of drug-likeness (QED) is 0.307. The van der Waals surface area contributed by atoms with Gasteiger partial charge in [0.1, 0.15) is 10.8 Å². The molecule has 1 aliphatic rings. The van der Waals surface area contributed by atoms with Crippen LogP contribution in [0.3, 0.4) is 0 Å². The maximum atomic E-state index is 13.6. The van der Waals surface area contributed by atoms with E-state index in [1.54, 1.807) is 6.07 Å². The highest BCUT2D eigenvalue weighted by Gasteiger charge is 2.33. The summed E-state index contributed by atoms with van der Waals surface area (Å²) in [5.41, 5.74) is 1.07. The number of benzene rings is 2. The minimum atomic E-state index is -3.74. The van der Waals surface area contributed by atoms with E-state index in [1.165, 1.54) is 35.6 Å². The monoisotopic (exact) mass is 529 g/mol. The Kier molecular flexibility index (Phi) is 6.90. The fraction of sp³-hybridized carbons (Fsp3) is 0.286. The van der Waals surface area contributed by atoms with Gasteiger partial charge in [-0.05, 0) is 48.7 Å². The van der Waals surface area contributed by atoms with Crippen LogP contribution >= 0.6 is 34.5 Å². The van der Waals surface area contributed by atoms with Gasteiger partial charge in [0.05, 0.1) is 20.8 Å². The Hall–Kier alpha value is -2.27. The van der Waals surface area contributed by atoms with Gasteiger partial charge in [0.2, 0.25) is 0 Å². The molecule has 2 heterocycles. The second kappa shape index (κ2) is 9.54. The molecule has 1 aliphatic heterocycles. The highest BCUT2D eigenvalue weighted by Crippen LogP contribution is 2.33. The lowest BCUT2D eigenvalue weighted by Gasteiger charge is -2.31. The molecule has 0 unspecified atom stereocenters. The number of anilines is 1. The van der Waals surface area contributed by atoms with Crippen molar-refractivity contribution in [2.24, 2.45) is 0 Å². The van der Waals surface area contributed by atoms with Gasteiger partial charge in [0.15, 0.2) is 15.0 Å². The molecule has 1 saturated heterocycles. The van der Waals surface area contributed by atoms with Crippen LogP contribution in [0, 0.1) is 15.9 Å². The van der Waals surface area contributed by atoms with Crippen molar-refractivity contribution in [2.45, 2.75) is 29.4 Å². The number of sulfone groups is 1. The lowest BCUT2D eigenvalue weighted by Crippen LogP contribution is -2.39. The van der Waals surface area contributed by atoms with Gasteiger partial charge in [0, 0.05) is 36.0 Å². The fourth-order valence-corrected chi connectivity index (χ4v) is 6.86. The van der Waals surface area contributed by atoms with Crippen LogP contribution in [-0.2, 0) is 16.3 Å². The molecule has 2 aromatic carbocycles. The molecule has 0 radical (unpaired) electrons. The number of rotatable bonds is 6. The summed E-state index contributed by atoms with van der Waals surface area (Å²) in [7, 11) is -3.74. The third kappa shape index (κ3) is 5.29. The standard InChI is InChI=1S/C21H18Cl2FN3O4S2/c22-14-7-13(8-15(24)10-14)9-16-12-32-21(25-16)26-5-3-17(4-6-26)33(30,31)18-1-2-19(23)20(11-18)27(28)29/h1-2,7-8,10-12,17H,3-6,9H2. The molecule has 12 heteroatoms. The number of hydrogen-bond acceptors (Lipinski definition) is 7. The van der Waals surface area contributed by atoms with Crippen molar-refractivity contribution in [3.63, 3.8) is 0 Å². The average molecular weight is 530 g/mol. The summed E-state index contributed by atoms with van der Waals surface area (Å²) in [6.45, 7) is 0.969. The first-order chi connectivity index (χ1) is 15.6. The van der Waals surface area contributed by atoms with Gasteiger partial charge in [-0.2, -0.15) is 0 Å². The molecule has 7 nitrogen and oxygen atoms in total. The van der Waals surface area contributed by atoms with Crippen LogP contribution in [0.25, 0.3) is 0 Å². The predicted molar refractivity (Wildman–Crippen MR) is 127 cm³/mol. The number of aromatic nitrogens is 1. The normalized spacial score (nSPS) is 15.1. The summed E-state index contributed by atoms with van der Waals surface area (Å²) < 4.78 is 39.6. The SMILES string of the molecule is O=[N+]([O-])c1cc(S(=O)(=O)C2CCN(c3nc(Cc4cc(F)cc(Cl)c4)cs3)CC2)ccc1Cl. The Morgan fingerprint density at radius 3 is 2.58 bits per heavy atom. The predicted octanol–water partition coefficient (Wildman–Crippen LogP) is 5.53. The molecular formula is C21H18Cl2FN3O4S2. The van der Waals surface area contributed by atoms with E-state index in [1.807, 2.05) is 10.3 Å². The van der Waals surface area contributed by atoms with E-state index in [2.05, 4.69) is 4.98 Å². The molecule has 0 spiro atoms. The molecule has 0 bridgehead atoms. The van der Waals surface area contributed by atoms with E-state index in [0.29, 0.717) is 37.4 Å². The molecule has 4 rings (SSSR count). The number of piperidine rings is 1. The Morgan fingerprint density at radius 1 is 1.18 bits per heavy atom. The van der Waals surface area contributed by atoms with Crippen LogP contribution in [0.1, 0.15) is 24.1 Å². The first kappa shape index (κ1) is 23.9. The number of nitrogens with zero attached hydrogens (tertiary/aromatic N) is 3. The Bertz CT molecular complexity index is 1290. The first-order valence-electron chi connectivity index (χ1n) is 9.95. The number of halogens is 3. The lowest BCUT2D eigenvalue weighted by molar-refractivity contribution is -0.384. The van der Waals surface area contributed by atoms with E-state index in [0.717, 1.165) is 22.5 Å². The summed E-state index contributed by atoms with van der Waals surface area (Å²) in [6.07, 6.45) is 1.18. The van der Waals surface area contributed by atoms with Crippen molar-refractivity contribution in [3.05, 3.63) is 79.0 Å². The van der Waals surface area contributed by atoms with Gasteiger partial charge in [-0.1, -0.05) is 23.2 Å². The molecule has 174 valence electrons. The molecule has 0 amide bonds. The zero-order chi connectivity index (χ0) is 23.8. The maximum Gasteiger partial charge on any atom is 0.289 e. The van der Waals surface area contributed by atoms with Crippen LogP contribution in [0.5, 0.6) is 0 Å². The van der Waals surface area contributed by atoms with E-state index >= 15 is 0 Å². The van der Waals surface area contributed by atoms with Crippen molar-refractivity contribution >= 4 is 55.2 Å². The van der Waals surface area contributed by atoms with Crippen molar-refractivity contribution < 1.29 is 17.7 Å². The molecule has 33 heavy (non-hydrogen) atoms. The Morgan fingerprint density at radius 2 is 1.91 bits per heavy atom. The fourth-order valence-electron chi connectivity index (χ4n) is 3.80. The van der Waals surface area contributed by atoms with Gasteiger partial charge >= 0.3 is 0 Å². The number of thiazole rings is 1. The van der Waals surface area contributed by atoms with Crippen LogP contribution in [0.4, 0.5) is 15.2 Å². The molecule has 3 aromatic rings. The van der Waals surface area contributed by atoms with Crippen molar-refractivity contribution in [1.82, 2.24) is 4.98 Å². The maximum absolute atomic E-state index is 13.6. The molecule has 1 aromatic heterocycles. The third-order valence-corrected chi connectivity index (χ3v) is 9.19. The minimum absolute atomic E-state index is 0.0951. The summed E-state index contributed by atoms with van der Waals surface area (Å²) in [6, 6.07) is 7.94. The van der Waals surface area contributed by atoms with Gasteiger partial charge in [0.25, 0.3) is 5.69 Å². The Balaban J connectivity index is 1.43. The van der Waals surface area contributed by atoms with Crippen LogP contribution in [0.15, 0.2) is 46.7 Å². The largest absolute Gasteiger partial charge is 0.348 e. The van der Waals surface area contributed by atoms with Gasteiger partial charge in [-0.25, -0.2) is 17.8 Å². The highest BCUT2D eigenvalue weighted by atomic mass is 35.5. The van der Waals surface area contributed by atoms with Gasteiger partial charge in [-0.3, -0.25) is 10.1 Å². The molecular weight excluding hydrogens is 512 g/mol. The van der Waals surface area contributed by atoms with E-state index in [4.69, 9.17) is 23.2 Å². The zero-order valence-electron chi connectivity index (χ0n) is 17.1. The molecule has 0 aliphatic carbocycles. The van der Waals surface area contributed by atoms with Crippen LogP contribution in [0.2, 0.25) is 10.0 Å². The summed E-state index contributed by atoms with van der Waals surface area (Å²) in [4.78, 5) is 17.0. The third-order valence-electron chi connectivity index (χ3n) is 5.44. The molecule has 1 fully saturated rings. The van der Waals surface area contributed by atoms with Gasteiger partial charge < -0.3 is 4.90 Å². The number of nitro benzene ring substituents is 1. The molecule has 0 saturated carbocycles. The second-order valence-electron chi connectivity index (χ2n) is 7.68.